The molecule has 0 bridgehead atoms. The van der Waals surface area contributed by atoms with Crippen molar-refractivity contribution >= 4 is 22.6 Å². The molecule has 2 rings (SSSR count). The summed E-state index contributed by atoms with van der Waals surface area (Å²) in [6.45, 7) is 0.394. The van der Waals surface area contributed by atoms with E-state index in [0.717, 1.165) is 18.3 Å². The Balaban J connectivity index is 0.000000160. The molecule has 16 heavy (non-hydrogen) atoms. The minimum atomic E-state index is 0.394. The van der Waals surface area contributed by atoms with Gasteiger partial charge in [-0.25, -0.2) is 0 Å². The van der Waals surface area contributed by atoms with Gasteiger partial charge in [0.1, 0.15) is 0 Å². The van der Waals surface area contributed by atoms with Crippen LogP contribution in [0.15, 0.2) is 0 Å². The van der Waals surface area contributed by atoms with E-state index in [1.54, 1.807) is 0 Å². The Labute approximate surface area is 115 Å². The third kappa shape index (κ3) is 6.43. The summed E-state index contributed by atoms with van der Waals surface area (Å²) in [7, 11) is 0. The molecule has 0 aromatic carbocycles. The summed E-state index contributed by atoms with van der Waals surface area (Å²) in [5, 5.41) is 8.53. The Morgan fingerprint density at radius 3 is 1.62 bits per heavy atom. The Morgan fingerprint density at radius 2 is 1.25 bits per heavy atom. The number of rotatable bonds is 4. The van der Waals surface area contributed by atoms with Crippen LogP contribution in [0, 0.1) is 11.8 Å². The van der Waals surface area contributed by atoms with E-state index in [-0.39, 0.29) is 0 Å². The van der Waals surface area contributed by atoms with Gasteiger partial charge in [-0.05, 0) is 29.1 Å². The summed E-state index contributed by atoms with van der Waals surface area (Å²) >= 11 is 2.48. The van der Waals surface area contributed by atoms with Gasteiger partial charge in [-0.1, -0.05) is 74.0 Å². The zero-order valence-corrected chi connectivity index (χ0v) is 12.6. The molecule has 2 heteroatoms. The molecule has 0 radical (unpaired) electrons. The van der Waals surface area contributed by atoms with E-state index in [0.29, 0.717) is 6.61 Å². The van der Waals surface area contributed by atoms with E-state index in [1.165, 1.54) is 62.2 Å². The smallest absolute Gasteiger partial charge is 0.0433 e. The van der Waals surface area contributed by atoms with Crippen LogP contribution in [-0.2, 0) is 0 Å². The maximum atomic E-state index is 8.53. The fourth-order valence-corrected chi connectivity index (χ4v) is 3.82. The second-order valence-electron chi connectivity index (χ2n) is 5.29. The maximum Gasteiger partial charge on any atom is 0.0433 e. The molecule has 2 aliphatic rings. The number of alkyl halides is 1. The lowest BCUT2D eigenvalue weighted by Crippen LogP contribution is -1.95. The highest BCUT2D eigenvalue weighted by molar-refractivity contribution is 14.1. The molecule has 2 saturated carbocycles. The fourth-order valence-electron chi connectivity index (χ4n) is 2.93. The lowest BCUT2D eigenvalue weighted by atomic mass is 10.1. The van der Waals surface area contributed by atoms with Crippen molar-refractivity contribution in [1.29, 1.82) is 0 Å². The molecular formula is C14H27IO. The van der Waals surface area contributed by atoms with Gasteiger partial charge in [0.15, 0.2) is 0 Å². The predicted molar refractivity (Wildman–Crippen MR) is 79.1 cm³/mol. The first-order valence-electron chi connectivity index (χ1n) is 7.03. The van der Waals surface area contributed by atoms with Crippen LogP contribution in [0.1, 0.15) is 64.2 Å². The molecule has 2 aliphatic carbocycles. The molecule has 0 aromatic rings. The van der Waals surface area contributed by atoms with Gasteiger partial charge in [0.25, 0.3) is 0 Å². The van der Waals surface area contributed by atoms with E-state index >= 15 is 0 Å². The Bertz CT molecular complexity index is 131. The van der Waals surface area contributed by atoms with Gasteiger partial charge in [-0.2, -0.15) is 0 Å². The molecule has 0 aromatic heterocycles. The van der Waals surface area contributed by atoms with Crippen LogP contribution in [0.25, 0.3) is 0 Å². The highest BCUT2D eigenvalue weighted by atomic mass is 127. The van der Waals surface area contributed by atoms with Crippen molar-refractivity contribution in [3.63, 3.8) is 0 Å². The summed E-state index contributed by atoms with van der Waals surface area (Å²) in [5.41, 5.74) is 0. The van der Waals surface area contributed by atoms with E-state index in [1.807, 2.05) is 0 Å². The molecule has 0 atom stereocenters. The van der Waals surface area contributed by atoms with Crippen LogP contribution in [-0.4, -0.2) is 16.1 Å². The second kappa shape index (κ2) is 9.69. The van der Waals surface area contributed by atoms with Crippen molar-refractivity contribution in [2.24, 2.45) is 11.8 Å². The monoisotopic (exact) mass is 338 g/mol. The normalized spacial score (nSPS) is 22.1. The van der Waals surface area contributed by atoms with E-state index < -0.39 is 0 Å². The Hall–Kier alpha value is 0.690. The van der Waals surface area contributed by atoms with Gasteiger partial charge in [-0.15, -0.1) is 0 Å². The van der Waals surface area contributed by atoms with Crippen molar-refractivity contribution in [2.45, 2.75) is 64.2 Å². The van der Waals surface area contributed by atoms with Gasteiger partial charge >= 0.3 is 0 Å². The van der Waals surface area contributed by atoms with Crippen molar-refractivity contribution in [2.75, 3.05) is 11.0 Å². The summed E-state index contributed by atoms with van der Waals surface area (Å²) in [5.74, 6) is 1.96. The highest BCUT2D eigenvalue weighted by Crippen LogP contribution is 2.27. The zero-order valence-electron chi connectivity index (χ0n) is 10.5. The number of aliphatic hydroxyl groups is 1. The number of hydrogen-bond donors (Lipinski definition) is 1. The molecule has 1 nitrogen and oxygen atoms in total. The SMILES string of the molecule is ICCC1CCCC1.OCCC1CCCC1. The lowest BCUT2D eigenvalue weighted by molar-refractivity contribution is 0.258. The first-order valence-corrected chi connectivity index (χ1v) is 8.56. The van der Waals surface area contributed by atoms with Gasteiger partial charge in [0.05, 0.1) is 0 Å². The van der Waals surface area contributed by atoms with Crippen molar-refractivity contribution in [3.05, 3.63) is 0 Å². The van der Waals surface area contributed by atoms with Gasteiger partial charge in [0, 0.05) is 6.61 Å². The van der Waals surface area contributed by atoms with E-state index in [9.17, 15) is 0 Å². The summed E-state index contributed by atoms with van der Waals surface area (Å²) in [6.07, 6.45) is 14.1. The van der Waals surface area contributed by atoms with Crippen molar-refractivity contribution in [3.8, 4) is 0 Å². The Morgan fingerprint density at radius 1 is 0.812 bits per heavy atom. The number of hydrogen-bond acceptors (Lipinski definition) is 1. The molecule has 0 aliphatic heterocycles. The molecule has 96 valence electrons. The third-order valence-corrected chi connectivity index (χ3v) is 4.63. The van der Waals surface area contributed by atoms with Crippen molar-refractivity contribution in [1.82, 2.24) is 0 Å². The molecule has 0 spiro atoms. The summed E-state index contributed by atoms with van der Waals surface area (Å²) < 4.78 is 1.36. The highest BCUT2D eigenvalue weighted by Gasteiger charge is 2.13. The second-order valence-corrected chi connectivity index (χ2v) is 6.37. The minimum absolute atomic E-state index is 0.394. The van der Waals surface area contributed by atoms with Crippen LogP contribution in [0.5, 0.6) is 0 Å². The molecule has 0 saturated heterocycles. The summed E-state index contributed by atoms with van der Waals surface area (Å²) in [6, 6.07) is 0. The predicted octanol–water partition coefficient (Wildman–Crippen LogP) is 4.56. The average Bonchev–Trinajstić information content (AvgIpc) is 2.92. The molecule has 0 amide bonds. The first-order chi connectivity index (χ1) is 7.86. The topological polar surface area (TPSA) is 20.2 Å². The maximum absolute atomic E-state index is 8.53. The summed E-state index contributed by atoms with van der Waals surface area (Å²) in [4.78, 5) is 0. The molecule has 2 fully saturated rings. The molecular weight excluding hydrogens is 311 g/mol. The molecule has 1 N–H and O–H groups in total. The molecule has 0 unspecified atom stereocenters. The van der Waals surface area contributed by atoms with Crippen molar-refractivity contribution < 1.29 is 5.11 Å². The largest absolute Gasteiger partial charge is 0.396 e. The Kier molecular flexibility index (Phi) is 8.94. The lowest BCUT2D eigenvalue weighted by Gasteiger charge is -2.02. The van der Waals surface area contributed by atoms with Crippen LogP contribution >= 0.6 is 22.6 Å². The standard InChI is InChI=1S/C7H13I.C7H14O/c2*8-6-5-7-3-1-2-4-7/h7H,1-6H2;7-8H,1-6H2. The number of aliphatic hydroxyl groups excluding tert-OH is 1. The van der Waals surface area contributed by atoms with Gasteiger partial charge < -0.3 is 5.11 Å². The minimum Gasteiger partial charge on any atom is -0.396 e. The number of halogens is 1. The first kappa shape index (κ1) is 14.7. The quantitative estimate of drug-likeness (QED) is 0.588. The van der Waals surface area contributed by atoms with Crippen LogP contribution in [0.4, 0.5) is 0 Å². The van der Waals surface area contributed by atoms with Crippen LogP contribution in [0.3, 0.4) is 0 Å². The van der Waals surface area contributed by atoms with Gasteiger partial charge in [0.2, 0.25) is 0 Å². The third-order valence-electron chi connectivity index (χ3n) is 4.00. The fraction of sp³-hybridized carbons (Fsp3) is 1.00. The zero-order chi connectivity index (χ0) is 11.6. The van der Waals surface area contributed by atoms with E-state index in [2.05, 4.69) is 22.6 Å². The molecule has 0 heterocycles. The van der Waals surface area contributed by atoms with Gasteiger partial charge in [-0.3, -0.25) is 0 Å². The van der Waals surface area contributed by atoms with Crippen LogP contribution in [0.2, 0.25) is 0 Å². The van der Waals surface area contributed by atoms with Crippen LogP contribution < -0.4 is 0 Å². The van der Waals surface area contributed by atoms with E-state index in [4.69, 9.17) is 5.11 Å². The average molecular weight is 338 g/mol.